The van der Waals surface area contributed by atoms with Gasteiger partial charge in [-0.1, -0.05) is 12.1 Å². The summed E-state index contributed by atoms with van der Waals surface area (Å²) in [6, 6.07) is 8.12. The van der Waals surface area contributed by atoms with Gasteiger partial charge in [0.05, 0.1) is 4.88 Å². The summed E-state index contributed by atoms with van der Waals surface area (Å²) in [5.41, 5.74) is 0. The summed E-state index contributed by atoms with van der Waals surface area (Å²) in [7, 11) is 2.13. The van der Waals surface area contributed by atoms with Crippen LogP contribution in [0.5, 0.6) is 0 Å². The third-order valence-electron chi connectivity index (χ3n) is 3.06. The SMILES string of the molecule is CN(CCCC(=O)c1cccs1)CCc1cccs1. The highest BCUT2D eigenvalue weighted by molar-refractivity contribution is 7.12. The van der Waals surface area contributed by atoms with Crippen LogP contribution >= 0.6 is 22.7 Å². The van der Waals surface area contributed by atoms with Crippen molar-refractivity contribution < 1.29 is 4.79 Å². The second-order valence-corrected chi connectivity index (χ2v) is 6.62. The first-order valence-electron chi connectivity index (χ1n) is 6.53. The molecule has 0 saturated heterocycles. The smallest absolute Gasteiger partial charge is 0.172 e. The Bertz CT molecular complexity index is 476. The molecule has 0 aliphatic heterocycles. The zero-order valence-electron chi connectivity index (χ0n) is 11.2. The van der Waals surface area contributed by atoms with E-state index in [1.807, 2.05) is 28.8 Å². The standard InChI is InChI=1S/C15H19NOS2/c1-16(10-8-13-5-3-11-18-13)9-2-6-14(17)15-7-4-12-19-15/h3-5,7,11-12H,2,6,8-10H2,1H3. The van der Waals surface area contributed by atoms with Crippen molar-refractivity contribution in [1.82, 2.24) is 4.90 Å². The first kappa shape index (κ1) is 14.4. The fourth-order valence-corrected chi connectivity index (χ4v) is 3.33. The molecule has 0 aliphatic carbocycles. The van der Waals surface area contributed by atoms with Crippen LogP contribution < -0.4 is 0 Å². The van der Waals surface area contributed by atoms with E-state index in [0.29, 0.717) is 6.42 Å². The van der Waals surface area contributed by atoms with Crippen LogP contribution in [0.1, 0.15) is 27.4 Å². The molecular formula is C15H19NOS2. The molecule has 0 radical (unpaired) electrons. The minimum atomic E-state index is 0.279. The zero-order chi connectivity index (χ0) is 13.5. The van der Waals surface area contributed by atoms with Gasteiger partial charge in [-0.05, 0) is 49.3 Å². The van der Waals surface area contributed by atoms with Gasteiger partial charge in [0.15, 0.2) is 5.78 Å². The normalized spacial score (nSPS) is 11.1. The Hall–Kier alpha value is -0.970. The monoisotopic (exact) mass is 293 g/mol. The number of carbonyl (C=O) groups is 1. The maximum atomic E-state index is 11.8. The number of rotatable bonds is 8. The summed E-state index contributed by atoms with van der Waals surface area (Å²) < 4.78 is 0. The molecule has 4 heteroatoms. The minimum Gasteiger partial charge on any atom is -0.306 e. The van der Waals surface area contributed by atoms with Crippen LogP contribution in [0, 0.1) is 0 Å². The summed E-state index contributed by atoms with van der Waals surface area (Å²) in [5, 5.41) is 4.08. The molecule has 2 heterocycles. The second kappa shape index (κ2) is 7.58. The quantitative estimate of drug-likeness (QED) is 0.687. The topological polar surface area (TPSA) is 20.3 Å². The van der Waals surface area contributed by atoms with Crippen LogP contribution in [0.15, 0.2) is 35.0 Å². The van der Waals surface area contributed by atoms with Crippen LogP contribution in [0.3, 0.4) is 0 Å². The summed E-state index contributed by atoms with van der Waals surface area (Å²) in [6.45, 7) is 2.05. The lowest BCUT2D eigenvalue weighted by Gasteiger charge is -2.15. The molecule has 0 saturated carbocycles. The van der Waals surface area contributed by atoms with Crippen molar-refractivity contribution in [2.45, 2.75) is 19.3 Å². The van der Waals surface area contributed by atoms with Gasteiger partial charge in [-0.3, -0.25) is 4.79 Å². The van der Waals surface area contributed by atoms with Crippen LogP contribution in [0.2, 0.25) is 0 Å². The molecule has 0 N–H and O–H groups in total. The average Bonchev–Trinajstić information content (AvgIpc) is 3.09. The van der Waals surface area contributed by atoms with Gasteiger partial charge in [-0.15, -0.1) is 22.7 Å². The van der Waals surface area contributed by atoms with Gasteiger partial charge >= 0.3 is 0 Å². The molecule has 0 bridgehead atoms. The first-order valence-corrected chi connectivity index (χ1v) is 8.29. The molecule has 2 nitrogen and oxygen atoms in total. The Morgan fingerprint density at radius 1 is 1.16 bits per heavy atom. The number of carbonyl (C=O) groups excluding carboxylic acids is 1. The van der Waals surface area contributed by atoms with E-state index in [9.17, 15) is 4.79 Å². The summed E-state index contributed by atoms with van der Waals surface area (Å²) in [6.07, 6.45) is 2.70. The molecule has 2 rings (SSSR count). The van der Waals surface area contributed by atoms with E-state index < -0.39 is 0 Å². The van der Waals surface area contributed by atoms with Gasteiger partial charge < -0.3 is 4.90 Å². The van der Waals surface area contributed by atoms with E-state index in [4.69, 9.17) is 0 Å². The molecule has 0 aliphatic rings. The largest absolute Gasteiger partial charge is 0.306 e. The highest BCUT2D eigenvalue weighted by Gasteiger charge is 2.07. The van der Waals surface area contributed by atoms with E-state index in [2.05, 4.69) is 29.5 Å². The zero-order valence-corrected chi connectivity index (χ0v) is 12.8. The van der Waals surface area contributed by atoms with E-state index in [1.165, 1.54) is 16.2 Å². The van der Waals surface area contributed by atoms with Gasteiger partial charge in [0.2, 0.25) is 0 Å². The van der Waals surface area contributed by atoms with E-state index in [1.54, 1.807) is 0 Å². The number of thiophene rings is 2. The number of nitrogens with zero attached hydrogens (tertiary/aromatic N) is 1. The van der Waals surface area contributed by atoms with Gasteiger partial charge in [0.25, 0.3) is 0 Å². The van der Waals surface area contributed by atoms with Crippen molar-refractivity contribution >= 4 is 28.5 Å². The fourth-order valence-electron chi connectivity index (χ4n) is 1.94. The molecule has 0 fully saturated rings. The Balaban J connectivity index is 1.61. The number of Topliss-reactive ketones (excluding diaryl/α,β-unsaturated/α-hetero) is 1. The predicted octanol–water partition coefficient (Wildman–Crippen LogP) is 3.95. The molecule has 0 amide bonds. The van der Waals surface area contributed by atoms with Gasteiger partial charge in [0.1, 0.15) is 0 Å². The number of hydrogen-bond donors (Lipinski definition) is 0. The molecule has 2 aromatic rings. The molecular weight excluding hydrogens is 274 g/mol. The summed E-state index contributed by atoms with van der Waals surface area (Å²) in [5.74, 6) is 0.279. The number of likely N-dealkylation sites (N-methyl/N-ethyl adjacent to an activating group) is 1. The lowest BCUT2D eigenvalue weighted by molar-refractivity contribution is 0.0980. The lowest BCUT2D eigenvalue weighted by atomic mass is 10.2. The van der Waals surface area contributed by atoms with Crippen molar-refractivity contribution in [2.24, 2.45) is 0 Å². The summed E-state index contributed by atoms with van der Waals surface area (Å²) >= 11 is 3.35. The van der Waals surface area contributed by atoms with Gasteiger partial charge in [0, 0.05) is 17.8 Å². The lowest BCUT2D eigenvalue weighted by Crippen LogP contribution is -2.22. The average molecular weight is 293 g/mol. The van der Waals surface area contributed by atoms with Gasteiger partial charge in [-0.25, -0.2) is 0 Å². The Morgan fingerprint density at radius 2 is 1.95 bits per heavy atom. The molecule has 0 unspecified atom stereocenters. The number of hydrogen-bond acceptors (Lipinski definition) is 4. The maximum absolute atomic E-state index is 11.8. The van der Waals surface area contributed by atoms with Crippen LogP contribution in [0.25, 0.3) is 0 Å². The third-order valence-corrected chi connectivity index (χ3v) is 4.91. The molecule has 0 aromatic carbocycles. The Kier molecular flexibility index (Phi) is 5.76. The van der Waals surface area contributed by atoms with E-state index >= 15 is 0 Å². The van der Waals surface area contributed by atoms with Crippen molar-refractivity contribution in [2.75, 3.05) is 20.1 Å². The predicted molar refractivity (Wildman–Crippen MR) is 83.4 cm³/mol. The summed E-state index contributed by atoms with van der Waals surface area (Å²) in [4.78, 5) is 16.5. The van der Waals surface area contributed by atoms with Gasteiger partial charge in [-0.2, -0.15) is 0 Å². The third kappa shape index (κ3) is 4.90. The van der Waals surface area contributed by atoms with Crippen LogP contribution in [0.4, 0.5) is 0 Å². The van der Waals surface area contributed by atoms with Crippen molar-refractivity contribution in [3.05, 3.63) is 44.8 Å². The second-order valence-electron chi connectivity index (χ2n) is 4.64. The van der Waals surface area contributed by atoms with Crippen LogP contribution in [-0.4, -0.2) is 30.8 Å². The van der Waals surface area contributed by atoms with E-state index in [0.717, 1.165) is 30.8 Å². The number of ketones is 1. The fraction of sp³-hybridized carbons (Fsp3) is 0.400. The molecule has 102 valence electrons. The highest BCUT2D eigenvalue weighted by atomic mass is 32.1. The minimum absolute atomic E-state index is 0.279. The molecule has 2 aromatic heterocycles. The van der Waals surface area contributed by atoms with Crippen molar-refractivity contribution in [3.8, 4) is 0 Å². The first-order chi connectivity index (χ1) is 9.25. The van der Waals surface area contributed by atoms with Crippen molar-refractivity contribution in [3.63, 3.8) is 0 Å². The Morgan fingerprint density at radius 3 is 2.63 bits per heavy atom. The van der Waals surface area contributed by atoms with Crippen molar-refractivity contribution in [1.29, 1.82) is 0 Å². The molecule has 0 spiro atoms. The Labute approximate surface area is 122 Å². The highest BCUT2D eigenvalue weighted by Crippen LogP contribution is 2.13. The van der Waals surface area contributed by atoms with Crippen LogP contribution in [-0.2, 0) is 6.42 Å². The molecule has 19 heavy (non-hydrogen) atoms. The van der Waals surface area contributed by atoms with E-state index in [-0.39, 0.29) is 5.78 Å². The molecule has 0 atom stereocenters. The maximum Gasteiger partial charge on any atom is 0.172 e.